The Balaban J connectivity index is 2.71. The van der Waals surface area contributed by atoms with Crippen LogP contribution in [0, 0.1) is 0 Å². The third-order valence-corrected chi connectivity index (χ3v) is 3.39. The highest BCUT2D eigenvalue weighted by Crippen LogP contribution is 2.19. The number of esters is 2. The first-order valence-corrected chi connectivity index (χ1v) is 7.21. The maximum Gasteiger partial charge on any atom is 0.359 e. The quantitative estimate of drug-likeness (QED) is 0.760. The zero-order chi connectivity index (χ0) is 16.3. The predicted molar refractivity (Wildman–Crippen MR) is 81.7 cm³/mol. The van der Waals surface area contributed by atoms with Crippen LogP contribution in [-0.4, -0.2) is 35.4 Å². The zero-order valence-corrected chi connectivity index (χ0v) is 13.5. The van der Waals surface area contributed by atoms with Gasteiger partial charge >= 0.3 is 11.9 Å². The Morgan fingerprint density at radius 1 is 1.32 bits per heavy atom. The van der Waals surface area contributed by atoms with Gasteiger partial charge in [-0.2, -0.15) is 5.10 Å². The molecule has 0 aliphatic carbocycles. The van der Waals surface area contributed by atoms with E-state index < -0.39 is 17.5 Å². The summed E-state index contributed by atoms with van der Waals surface area (Å²) in [6.45, 7) is 1.46. The number of ether oxygens (including phenoxy) is 2. The molecular formula is C14H13BrN2O5. The Bertz CT molecular complexity index is 800. The largest absolute Gasteiger partial charge is 0.468 e. The SMILES string of the molecule is CCOC(=O)c1nn(CC(=O)OC)c(=O)c2cc(Br)ccc12. The number of hydrogen-bond donors (Lipinski definition) is 0. The molecule has 0 fully saturated rings. The van der Waals surface area contributed by atoms with Crippen molar-refractivity contribution in [2.24, 2.45) is 0 Å². The van der Waals surface area contributed by atoms with Crippen molar-refractivity contribution in [3.05, 3.63) is 38.7 Å². The van der Waals surface area contributed by atoms with Gasteiger partial charge in [0.15, 0.2) is 5.69 Å². The molecule has 22 heavy (non-hydrogen) atoms. The minimum absolute atomic E-state index is 0.0205. The number of hydrogen-bond acceptors (Lipinski definition) is 6. The highest BCUT2D eigenvalue weighted by atomic mass is 79.9. The van der Waals surface area contributed by atoms with Crippen LogP contribution in [0.25, 0.3) is 10.8 Å². The first kappa shape index (κ1) is 16.2. The lowest BCUT2D eigenvalue weighted by Crippen LogP contribution is -2.30. The zero-order valence-electron chi connectivity index (χ0n) is 12.0. The van der Waals surface area contributed by atoms with E-state index in [9.17, 15) is 14.4 Å². The van der Waals surface area contributed by atoms with Crippen molar-refractivity contribution in [1.29, 1.82) is 0 Å². The van der Waals surface area contributed by atoms with Crippen LogP contribution in [0.2, 0.25) is 0 Å². The number of carbonyl (C=O) groups is 2. The smallest absolute Gasteiger partial charge is 0.359 e. The molecule has 0 spiro atoms. The van der Waals surface area contributed by atoms with Crippen LogP contribution >= 0.6 is 15.9 Å². The van der Waals surface area contributed by atoms with Crippen molar-refractivity contribution < 1.29 is 19.1 Å². The van der Waals surface area contributed by atoms with E-state index >= 15 is 0 Å². The van der Waals surface area contributed by atoms with Crippen molar-refractivity contribution in [2.75, 3.05) is 13.7 Å². The van der Waals surface area contributed by atoms with Crippen LogP contribution < -0.4 is 5.56 Å². The van der Waals surface area contributed by atoms with Crippen LogP contribution in [0.3, 0.4) is 0 Å². The van der Waals surface area contributed by atoms with E-state index in [1.807, 2.05) is 0 Å². The average molecular weight is 369 g/mol. The molecule has 0 unspecified atom stereocenters. The van der Waals surface area contributed by atoms with Crippen LogP contribution in [0.5, 0.6) is 0 Å². The molecule has 1 heterocycles. The standard InChI is InChI=1S/C14H13BrN2O5/c1-3-22-14(20)12-9-5-4-8(15)6-10(9)13(19)17(16-12)7-11(18)21-2/h4-6H,3,7H2,1-2H3. The fraction of sp³-hybridized carbons (Fsp3) is 0.286. The van der Waals surface area contributed by atoms with Crippen molar-refractivity contribution >= 4 is 38.6 Å². The van der Waals surface area contributed by atoms with Crippen LogP contribution in [-0.2, 0) is 20.8 Å². The summed E-state index contributed by atoms with van der Waals surface area (Å²) in [6.07, 6.45) is 0. The molecule has 8 heteroatoms. The van der Waals surface area contributed by atoms with Gasteiger partial charge < -0.3 is 9.47 Å². The molecule has 0 bridgehead atoms. The van der Waals surface area contributed by atoms with Gasteiger partial charge in [0.25, 0.3) is 5.56 Å². The van der Waals surface area contributed by atoms with E-state index in [0.717, 1.165) is 4.68 Å². The molecule has 1 aromatic heterocycles. The number of rotatable bonds is 4. The lowest BCUT2D eigenvalue weighted by Gasteiger charge is -2.10. The number of nitrogens with zero attached hydrogens (tertiary/aromatic N) is 2. The van der Waals surface area contributed by atoms with Gasteiger partial charge in [-0.15, -0.1) is 0 Å². The third-order valence-electron chi connectivity index (χ3n) is 2.90. The molecule has 0 N–H and O–H groups in total. The fourth-order valence-electron chi connectivity index (χ4n) is 1.90. The topological polar surface area (TPSA) is 87.5 Å². The molecule has 0 atom stereocenters. The third kappa shape index (κ3) is 3.16. The Hall–Kier alpha value is -2.22. The summed E-state index contributed by atoms with van der Waals surface area (Å²) in [5.41, 5.74) is -0.511. The lowest BCUT2D eigenvalue weighted by atomic mass is 10.1. The van der Waals surface area contributed by atoms with Gasteiger partial charge in [-0.3, -0.25) is 9.59 Å². The molecule has 2 aromatic rings. The summed E-state index contributed by atoms with van der Waals surface area (Å²) in [4.78, 5) is 35.8. The summed E-state index contributed by atoms with van der Waals surface area (Å²) in [5, 5.41) is 4.58. The van der Waals surface area contributed by atoms with Crippen LogP contribution in [0.4, 0.5) is 0 Å². The van der Waals surface area contributed by atoms with Crippen LogP contribution in [0.1, 0.15) is 17.4 Å². The molecule has 0 aliphatic heterocycles. The molecule has 0 amide bonds. The molecule has 0 aliphatic rings. The summed E-state index contributed by atoms with van der Waals surface area (Å²) in [7, 11) is 1.21. The highest BCUT2D eigenvalue weighted by molar-refractivity contribution is 9.10. The second-order valence-electron chi connectivity index (χ2n) is 4.30. The Labute approximate surface area is 133 Å². The minimum atomic E-state index is -0.659. The molecule has 7 nitrogen and oxygen atoms in total. The van der Waals surface area contributed by atoms with Gasteiger partial charge in [0.2, 0.25) is 0 Å². The molecule has 0 saturated heterocycles. The van der Waals surface area contributed by atoms with Gasteiger partial charge in [-0.25, -0.2) is 9.48 Å². The Morgan fingerprint density at radius 3 is 2.68 bits per heavy atom. The van der Waals surface area contributed by atoms with Gasteiger partial charge in [0, 0.05) is 9.86 Å². The average Bonchev–Trinajstić information content (AvgIpc) is 2.50. The van der Waals surface area contributed by atoms with Crippen molar-refractivity contribution in [1.82, 2.24) is 9.78 Å². The van der Waals surface area contributed by atoms with E-state index in [1.54, 1.807) is 25.1 Å². The summed E-state index contributed by atoms with van der Waals surface area (Å²) < 4.78 is 11.0. The first-order chi connectivity index (χ1) is 10.5. The van der Waals surface area contributed by atoms with E-state index in [-0.39, 0.29) is 24.2 Å². The number of methoxy groups -OCH3 is 1. The lowest BCUT2D eigenvalue weighted by molar-refractivity contribution is -0.141. The molecule has 2 rings (SSSR count). The van der Waals surface area contributed by atoms with E-state index in [4.69, 9.17) is 4.74 Å². The molecule has 1 aromatic carbocycles. The maximum atomic E-state index is 12.4. The maximum absolute atomic E-state index is 12.4. The second-order valence-corrected chi connectivity index (χ2v) is 5.21. The number of benzene rings is 1. The molecule has 116 valence electrons. The van der Waals surface area contributed by atoms with E-state index in [1.165, 1.54) is 7.11 Å². The Morgan fingerprint density at radius 2 is 2.05 bits per heavy atom. The molecule has 0 radical (unpaired) electrons. The number of halogens is 1. The van der Waals surface area contributed by atoms with Crippen molar-refractivity contribution in [3.8, 4) is 0 Å². The number of aromatic nitrogens is 2. The Kier molecular flexibility index (Phi) is 4.92. The fourth-order valence-corrected chi connectivity index (χ4v) is 2.26. The first-order valence-electron chi connectivity index (χ1n) is 6.42. The minimum Gasteiger partial charge on any atom is -0.468 e. The van der Waals surface area contributed by atoms with Crippen molar-refractivity contribution in [3.63, 3.8) is 0 Å². The van der Waals surface area contributed by atoms with Crippen LogP contribution in [0.15, 0.2) is 27.5 Å². The molecule has 0 saturated carbocycles. The monoisotopic (exact) mass is 368 g/mol. The van der Waals surface area contributed by atoms with E-state index in [0.29, 0.717) is 9.86 Å². The normalized spacial score (nSPS) is 10.5. The molecular weight excluding hydrogens is 356 g/mol. The van der Waals surface area contributed by atoms with Gasteiger partial charge in [0.05, 0.1) is 19.1 Å². The van der Waals surface area contributed by atoms with Gasteiger partial charge in [-0.05, 0) is 19.1 Å². The van der Waals surface area contributed by atoms with E-state index in [2.05, 4.69) is 25.8 Å². The number of fused-ring (bicyclic) bond motifs is 1. The summed E-state index contributed by atoms with van der Waals surface area (Å²) >= 11 is 3.27. The van der Waals surface area contributed by atoms with Gasteiger partial charge in [-0.1, -0.05) is 22.0 Å². The second kappa shape index (κ2) is 6.69. The summed E-state index contributed by atoms with van der Waals surface area (Å²) in [6, 6.07) is 4.86. The highest BCUT2D eigenvalue weighted by Gasteiger charge is 2.19. The predicted octanol–water partition coefficient (Wildman–Crippen LogP) is 1.51. The number of carbonyl (C=O) groups excluding carboxylic acids is 2. The van der Waals surface area contributed by atoms with Crippen molar-refractivity contribution in [2.45, 2.75) is 13.5 Å². The van der Waals surface area contributed by atoms with Gasteiger partial charge in [0.1, 0.15) is 6.54 Å². The summed E-state index contributed by atoms with van der Waals surface area (Å²) in [5.74, 6) is -1.30.